The number of H-pyrrole nitrogens is 1. The van der Waals surface area contributed by atoms with Gasteiger partial charge in [0.25, 0.3) is 0 Å². The van der Waals surface area contributed by atoms with Crippen LogP contribution in [-0.2, 0) is 6.42 Å². The zero-order valence-electron chi connectivity index (χ0n) is 9.49. The zero-order chi connectivity index (χ0) is 12.1. The normalized spacial score (nSPS) is 11.6. The molecule has 0 saturated carbocycles. The number of fused-ring (bicyclic) bond motifs is 1. The molecule has 2 rings (SSSR count). The van der Waals surface area contributed by atoms with Crippen molar-refractivity contribution in [2.75, 3.05) is 5.88 Å². The largest absolute Gasteiger partial charge is 0.411 e. The van der Waals surface area contributed by atoms with Gasteiger partial charge >= 0.3 is 0 Å². The van der Waals surface area contributed by atoms with E-state index in [2.05, 4.69) is 10.1 Å². The van der Waals surface area contributed by atoms with Crippen molar-refractivity contribution in [3.05, 3.63) is 35.5 Å². The molecular weight excluding hydrogens is 236 g/mol. The number of benzene rings is 1. The predicted octanol–water partition coefficient (Wildman–Crippen LogP) is 3.54. The number of nitrogens with zero attached hydrogens (tertiary/aromatic N) is 1. The average molecular weight is 251 g/mol. The topological polar surface area (TPSA) is 48.4 Å². The Kier molecular flexibility index (Phi) is 4.04. The van der Waals surface area contributed by atoms with Gasteiger partial charge < -0.3 is 10.2 Å². The number of rotatable bonds is 5. The summed E-state index contributed by atoms with van der Waals surface area (Å²) in [6.45, 7) is 0. The highest BCUT2D eigenvalue weighted by Crippen LogP contribution is 2.21. The van der Waals surface area contributed by atoms with Gasteiger partial charge in [-0.1, -0.05) is 11.2 Å². The van der Waals surface area contributed by atoms with Crippen LogP contribution in [0.1, 0.15) is 24.0 Å². The van der Waals surface area contributed by atoms with Gasteiger partial charge in [-0.2, -0.15) is 0 Å². The van der Waals surface area contributed by atoms with Gasteiger partial charge in [0.05, 0.1) is 6.21 Å². The minimum Gasteiger partial charge on any atom is -0.411 e. The standard InChI is InChI=1S/C13H15ClN2O/c14-6-2-1-3-11-9-15-13-5-4-10(8-16-17)7-12(11)13/h4-5,7-9,15,17H,1-3,6H2/b16-8-. The molecule has 1 aromatic heterocycles. The van der Waals surface area contributed by atoms with Crippen LogP contribution < -0.4 is 0 Å². The molecule has 0 aliphatic heterocycles. The highest BCUT2D eigenvalue weighted by molar-refractivity contribution is 6.17. The number of aromatic amines is 1. The van der Waals surface area contributed by atoms with Gasteiger partial charge in [-0.3, -0.25) is 0 Å². The highest BCUT2D eigenvalue weighted by Gasteiger charge is 2.04. The molecule has 0 amide bonds. The lowest BCUT2D eigenvalue weighted by Gasteiger charge is -1.99. The fourth-order valence-electron chi connectivity index (χ4n) is 1.96. The predicted molar refractivity (Wildman–Crippen MR) is 71.3 cm³/mol. The molecule has 4 heteroatoms. The van der Waals surface area contributed by atoms with Crippen molar-refractivity contribution in [2.45, 2.75) is 19.3 Å². The van der Waals surface area contributed by atoms with E-state index in [9.17, 15) is 0 Å². The van der Waals surface area contributed by atoms with Crippen molar-refractivity contribution >= 4 is 28.7 Å². The summed E-state index contributed by atoms with van der Waals surface area (Å²) in [7, 11) is 0. The Morgan fingerprint density at radius 3 is 3.00 bits per heavy atom. The van der Waals surface area contributed by atoms with Gasteiger partial charge in [0.2, 0.25) is 0 Å². The molecule has 0 spiro atoms. The first-order valence-electron chi connectivity index (χ1n) is 5.68. The maximum atomic E-state index is 8.53. The first kappa shape index (κ1) is 12.0. The summed E-state index contributed by atoms with van der Waals surface area (Å²) < 4.78 is 0. The van der Waals surface area contributed by atoms with Crippen LogP contribution in [0.25, 0.3) is 10.9 Å². The van der Waals surface area contributed by atoms with Gasteiger partial charge in [0.15, 0.2) is 0 Å². The molecule has 0 aliphatic rings. The van der Waals surface area contributed by atoms with Crippen LogP contribution in [0.15, 0.2) is 29.6 Å². The van der Waals surface area contributed by atoms with E-state index in [1.807, 2.05) is 24.4 Å². The van der Waals surface area contributed by atoms with Crippen LogP contribution in [0, 0.1) is 0 Å². The molecule has 90 valence electrons. The quantitative estimate of drug-likeness (QED) is 0.275. The van der Waals surface area contributed by atoms with Crippen molar-refractivity contribution in [2.24, 2.45) is 5.16 Å². The molecule has 0 fully saturated rings. The lowest BCUT2D eigenvalue weighted by Crippen LogP contribution is -1.86. The number of alkyl halides is 1. The van der Waals surface area contributed by atoms with E-state index < -0.39 is 0 Å². The van der Waals surface area contributed by atoms with Gasteiger partial charge in [0, 0.05) is 23.0 Å². The number of nitrogens with one attached hydrogen (secondary N) is 1. The molecule has 2 N–H and O–H groups in total. The van der Waals surface area contributed by atoms with E-state index in [1.54, 1.807) is 0 Å². The maximum absolute atomic E-state index is 8.53. The second-order valence-electron chi connectivity index (χ2n) is 4.01. The monoisotopic (exact) mass is 250 g/mol. The fourth-order valence-corrected chi connectivity index (χ4v) is 2.15. The first-order chi connectivity index (χ1) is 8.35. The van der Waals surface area contributed by atoms with E-state index in [0.717, 1.165) is 30.3 Å². The molecule has 0 atom stereocenters. The van der Waals surface area contributed by atoms with Crippen molar-refractivity contribution in [3.63, 3.8) is 0 Å². The van der Waals surface area contributed by atoms with E-state index >= 15 is 0 Å². The molecule has 0 unspecified atom stereocenters. The summed E-state index contributed by atoms with van der Waals surface area (Å²) >= 11 is 5.67. The third-order valence-corrected chi connectivity index (χ3v) is 3.10. The molecule has 0 aliphatic carbocycles. The zero-order valence-corrected chi connectivity index (χ0v) is 10.2. The van der Waals surface area contributed by atoms with Crippen LogP contribution in [-0.4, -0.2) is 22.3 Å². The minimum atomic E-state index is 0.713. The average Bonchev–Trinajstić information content (AvgIpc) is 2.73. The first-order valence-corrected chi connectivity index (χ1v) is 6.22. The van der Waals surface area contributed by atoms with Crippen molar-refractivity contribution in [1.29, 1.82) is 0 Å². The number of aromatic nitrogens is 1. The van der Waals surface area contributed by atoms with E-state index in [4.69, 9.17) is 16.8 Å². The summed E-state index contributed by atoms with van der Waals surface area (Å²) in [5, 5.41) is 12.8. The molecule has 0 bridgehead atoms. The second-order valence-corrected chi connectivity index (χ2v) is 4.39. The summed E-state index contributed by atoms with van der Waals surface area (Å²) in [5.74, 6) is 0.713. The Morgan fingerprint density at radius 2 is 2.24 bits per heavy atom. The molecule has 3 nitrogen and oxygen atoms in total. The molecule has 0 saturated heterocycles. The summed E-state index contributed by atoms with van der Waals surface area (Å²) in [5.41, 5.74) is 3.30. The van der Waals surface area contributed by atoms with Crippen LogP contribution in [0.5, 0.6) is 0 Å². The number of oxime groups is 1. The number of unbranched alkanes of at least 4 members (excludes halogenated alkanes) is 1. The molecule has 17 heavy (non-hydrogen) atoms. The number of hydrogen-bond acceptors (Lipinski definition) is 2. The van der Waals surface area contributed by atoms with Crippen LogP contribution in [0.4, 0.5) is 0 Å². The van der Waals surface area contributed by atoms with E-state index in [1.165, 1.54) is 17.2 Å². The van der Waals surface area contributed by atoms with Crippen LogP contribution >= 0.6 is 11.6 Å². The summed E-state index contributed by atoms with van der Waals surface area (Å²) in [4.78, 5) is 3.24. The van der Waals surface area contributed by atoms with E-state index in [0.29, 0.717) is 5.88 Å². The maximum Gasteiger partial charge on any atom is 0.0734 e. The Morgan fingerprint density at radius 1 is 1.35 bits per heavy atom. The molecular formula is C13H15ClN2O. The van der Waals surface area contributed by atoms with Crippen molar-refractivity contribution in [3.8, 4) is 0 Å². The lowest BCUT2D eigenvalue weighted by molar-refractivity contribution is 0.322. The SMILES string of the molecule is O/N=C\c1ccc2[nH]cc(CCCCCl)c2c1. The Hall–Kier alpha value is -1.48. The van der Waals surface area contributed by atoms with Gasteiger partial charge in [-0.05, 0) is 42.5 Å². The highest BCUT2D eigenvalue weighted by atomic mass is 35.5. The number of hydrogen-bond donors (Lipinski definition) is 2. The smallest absolute Gasteiger partial charge is 0.0734 e. The van der Waals surface area contributed by atoms with Gasteiger partial charge in [-0.25, -0.2) is 0 Å². The van der Waals surface area contributed by atoms with Crippen molar-refractivity contribution in [1.82, 2.24) is 4.98 Å². The summed E-state index contributed by atoms with van der Waals surface area (Å²) in [6, 6.07) is 5.94. The molecule has 1 heterocycles. The fraction of sp³-hybridized carbons (Fsp3) is 0.308. The Balaban J connectivity index is 2.26. The number of aryl methyl sites for hydroxylation is 1. The van der Waals surface area contributed by atoms with E-state index in [-0.39, 0.29) is 0 Å². The molecule has 1 aromatic carbocycles. The molecule has 2 aromatic rings. The second kappa shape index (κ2) is 5.73. The Labute approximate surface area is 105 Å². The van der Waals surface area contributed by atoms with Crippen LogP contribution in [0.2, 0.25) is 0 Å². The Bertz CT molecular complexity index is 519. The third kappa shape index (κ3) is 2.80. The number of halogens is 1. The van der Waals surface area contributed by atoms with Crippen molar-refractivity contribution < 1.29 is 5.21 Å². The summed E-state index contributed by atoms with van der Waals surface area (Å²) in [6.07, 6.45) is 6.63. The minimum absolute atomic E-state index is 0.713. The van der Waals surface area contributed by atoms with Gasteiger partial charge in [0.1, 0.15) is 0 Å². The lowest BCUT2D eigenvalue weighted by atomic mass is 10.1. The van der Waals surface area contributed by atoms with Gasteiger partial charge in [-0.15, -0.1) is 11.6 Å². The van der Waals surface area contributed by atoms with Crippen LogP contribution in [0.3, 0.4) is 0 Å². The molecule has 0 radical (unpaired) electrons. The third-order valence-electron chi connectivity index (χ3n) is 2.83.